The highest BCUT2D eigenvalue weighted by atomic mass is 32.1. The maximum Gasteiger partial charge on any atom is 0.332 e. The van der Waals surface area contributed by atoms with Crippen LogP contribution in [-0.2, 0) is 4.79 Å². The number of nitrogens with zero attached hydrogens (tertiary/aromatic N) is 1. The van der Waals surface area contributed by atoms with Gasteiger partial charge in [0.05, 0.1) is 5.69 Å². The summed E-state index contributed by atoms with van der Waals surface area (Å²) in [5, 5.41) is 25.0. The highest BCUT2D eigenvalue weighted by Crippen LogP contribution is 2.40. The van der Waals surface area contributed by atoms with Gasteiger partial charge in [0.25, 0.3) is 0 Å². The Morgan fingerprint density at radius 3 is 2.89 bits per heavy atom. The van der Waals surface area contributed by atoms with Crippen LogP contribution in [0.1, 0.15) is 30.9 Å². The van der Waals surface area contributed by atoms with E-state index in [9.17, 15) is 9.59 Å². The second kappa shape index (κ2) is 5.98. The molecule has 2 amide bonds. The number of hydrogen-bond donors (Lipinski definition) is 4. The number of carbonyl (C=O) groups is 2. The van der Waals surface area contributed by atoms with Crippen molar-refractivity contribution in [3.63, 3.8) is 0 Å². The molecular formula is C11H15N3O4S. The first-order valence-corrected chi connectivity index (χ1v) is 6.85. The first kappa shape index (κ1) is 13.8. The van der Waals surface area contributed by atoms with Crippen LogP contribution >= 0.6 is 11.3 Å². The van der Waals surface area contributed by atoms with E-state index in [1.807, 2.05) is 5.38 Å². The van der Waals surface area contributed by atoms with Crippen LogP contribution in [0.25, 0.3) is 0 Å². The number of aliphatic hydroxyl groups is 1. The van der Waals surface area contributed by atoms with Gasteiger partial charge in [0.1, 0.15) is 0 Å². The van der Waals surface area contributed by atoms with Crippen LogP contribution in [0.5, 0.6) is 0 Å². The Hall–Kier alpha value is -1.67. The quantitative estimate of drug-likeness (QED) is 0.622. The first-order valence-electron chi connectivity index (χ1n) is 5.97. The Balaban J connectivity index is 1.69. The average Bonchev–Trinajstić information content (AvgIpc) is 3.10. The fourth-order valence-corrected chi connectivity index (χ4v) is 2.28. The van der Waals surface area contributed by atoms with Crippen LogP contribution in [-0.4, -0.2) is 39.8 Å². The summed E-state index contributed by atoms with van der Waals surface area (Å²) in [6.07, 6.45) is 0.820. The van der Waals surface area contributed by atoms with Crippen molar-refractivity contribution < 1.29 is 19.8 Å². The van der Waals surface area contributed by atoms with Crippen molar-refractivity contribution in [1.82, 2.24) is 10.3 Å². The van der Waals surface area contributed by atoms with Crippen molar-refractivity contribution in [3.05, 3.63) is 11.1 Å². The number of carboxylic acid groups (broad SMARTS) is 1. The van der Waals surface area contributed by atoms with Crippen LogP contribution in [0.15, 0.2) is 5.38 Å². The molecule has 0 saturated heterocycles. The summed E-state index contributed by atoms with van der Waals surface area (Å²) in [6, 6.07) is -0.450. The molecule has 0 bridgehead atoms. The molecule has 0 aromatic carbocycles. The Kier molecular flexibility index (Phi) is 4.33. The lowest BCUT2D eigenvalue weighted by Gasteiger charge is -2.07. The van der Waals surface area contributed by atoms with E-state index in [-0.39, 0.29) is 13.0 Å². The molecule has 19 heavy (non-hydrogen) atoms. The molecule has 7 nitrogen and oxygen atoms in total. The number of thiazole rings is 1. The van der Waals surface area contributed by atoms with Gasteiger partial charge in [-0.3, -0.25) is 5.32 Å². The number of amides is 2. The zero-order valence-corrected chi connectivity index (χ0v) is 10.9. The summed E-state index contributed by atoms with van der Waals surface area (Å²) >= 11 is 1.36. The van der Waals surface area contributed by atoms with Crippen LogP contribution < -0.4 is 10.6 Å². The van der Waals surface area contributed by atoms with Crippen molar-refractivity contribution in [3.8, 4) is 0 Å². The summed E-state index contributed by atoms with van der Waals surface area (Å²) in [5.74, 6) is -0.753. The normalized spacial score (nSPS) is 15.8. The minimum Gasteiger partial charge on any atom is -0.479 e. The summed E-state index contributed by atoms with van der Waals surface area (Å²) < 4.78 is 0. The van der Waals surface area contributed by atoms with Gasteiger partial charge >= 0.3 is 12.0 Å². The number of urea groups is 1. The van der Waals surface area contributed by atoms with Gasteiger partial charge < -0.3 is 15.5 Å². The Labute approximate surface area is 113 Å². The van der Waals surface area contributed by atoms with Crippen molar-refractivity contribution in [2.45, 2.75) is 31.3 Å². The summed E-state index contributed by atoms with van der Waals surface area (Å²) in [5.41, 5.74) is 1.02. The van der Waals surface area contributed by atoms with Gasteiger partial charge in [0, 0.05) is 24.3 Å². The van der Waals surface area contributed by atoms with E-state index in [4.69, 9.17) is 10.2 Å². The smallest absolute Gasteiger partial charge is 0.332 e. The molecule has 1 atom stereocenters. The van der Waals surface area contributed by atoms with Crippen molar-refractivity contribution in [1.29, 1.82) is 0 Å². The van der Waals surface area contributed by atoms with Crippen molar-refractivity contribution in [2.75, 3.05) is 11.9 Å². The SMILES string of the molecule is O=C(NCC[C@H](O)C(=O)O)Nc1nc(C2CC2)cs1. The first-order chi connectivity index (χ1) is 9.06. The molecule has 4 N–H and O–H groups in total. The maximum atomic E-state index is 11.5. The molecule has 1 heterocycles. The monoisotopic (exact) mass is 285 g/mol. The molecule has 1 aliphatic carbocycles. The number of hydrogen-bond acceptors (Lipinski definition) is 5. The highest BCUT2D eigenvalue weighted by molar-refractivity contribution is 7.13. The van der Waals surface area contributed by atoms with Gasteiger partial charge in [0.2, 0.25) is 0 Å². The number of rotatable bonds is 6. The summed E-state index contributed by atoms with van der Waals surface area (Å²) in [4.78, 5) is 26.1. The molecule has 104 valence electrons. The Bertz CT molecular complexity index is 472. The van der Waals surface area contributed by atoms with E-state index in [0.29, 0.717) is 11.0 Å². The van der Waals surface area contributed by atoms with Crippen LogP contribution in [0.4, 0.5) is 9.93 Å². The minimum absolute atomic E-state index is 0.0338. The third-order valence-corrected chi connectivity index (χ3v) is 3.50. The predicted octanol–water partition coefficient (Wildman–Crippen LogP) is 0.978. The molecule has 1 fully saturated rings. The number of carbonyl (C=O) groups excluding carboxylic acids is 1. The van der Waals surface area contributed by atoms with E-state index in [2.05, 4.69) is 15.6 Å². The average molecular weight is 285 g/mol. The minimum atomic E-state index is -1.46. The molecule has 0 spiro atoms. The molecular weight excluding hydrogens is 270 g/mol. The second-order valence-corrected chi connectivity index (χ2v) is 5.23. The van der Waals surface area contributed by atoms with Gasteiger partial charge in [-0.05, 0) is 12.8 Å². The van der Waals surface area contributed by atoms with Gasteiger partial charge in [0.15, 0.2) is 11.2 Å². The number of aliphatic carboxylic acids is 1. The molecule has 8 heteroatoms. The van der Waals surface area contributed by atoms with E-state index >= 15 is 0 Å². The standard InChI is InChI=1S/C11H15N3O4S/c15-8(9(16)17)3-4-12-10(18)14-11-13-7(5-19-11)6-1-2-6/h5-6,8,15H,1-4H2,(H,16,17)(H2,12,13,14,18)/t8-/m0/s1. The van der Waals surface area contributed by atoms with Gasteiger partial charge in [-0.2, -0.15) is 0 Å². The largest absolute Gasteiger partial charge is 0.479 e. The number of aliphatic hydroxyl groups excluding tert-OH is 1. The topological polar surface area (TPSA) is 112 Å². The second-order valence-electron chi connectivity index (χ2n) is 4.38. The third kappa shape index (κ3) is 4.18. The number of nitrogens with one attached hydrogen (secondary N) is 2. The molecule has 0 aliphatic heterocycles. The lowest BCUT2D eigenvalue weighted by molar-refractivity contribution is -0.146. The van der Waals surface area contributed by atoms with Gasteiger partial charge in [-0.1, -0.05) is 0 Å². The van der Waals surface area contributed by atoms with Crippen molar-refractivity contribution >= 4 is 28.5 Å². The predicted molar refractivity (Wildman–Crippen MR) is 69.4 cm³/mol. The Morgan fingerprint density at radius 1 is 1.53 bits per heavy atom. The number of anilines is 1. The molecule has 0 radical (unpaired) electrons. The van der Waals surface area contributed by atoms with E-state index in [1.54, 1.807) is 0 Å². The Morgan fingerprint density at radius 2 is 2.26 bits per heavy atom. The zero-order chi connectivity index (χ0) is 13.8. The molecule has 0 unspecified atom stereocenters. The zero-order valence-electron chi connectivity index (χ0n) is 10.1. The van der Waals surface area contributed by atoms with Crippen LogP contribution in [0.3, 0.4) is 0 Å². The van der Waals surface area contributed by atoms with Crippen LogP contribution in [0.2, 0.25) is 0 Å². The number of aromatic nitrogens is 1. The number of carboxylic acids is 1. The lowest BCUT2D eigenvalue weighted by atomic mass is 10.2. The highest BCUT2D eigenvalue weighted by Gasteiger charge is 2.26. The van der Waals surface area contributed by atoms with Crippen LogP contribution in [0, 0.1) is 0 Å². The molecule has 1 saturated carbocycles. The summed E-state index contributed by atoms with van der Waals surface area (Å²) in [7, 11) is 0. The van der Waals surface area contributed by atoms with Gasteiger partial charge in [-0.15, -0.1) is 11.3 Å². The van der Waals surface area contributed by atoms with Crippen molar-refractivity contribution in [2.24, 2.45) is 0 Å². The molecule has 1 aliphatic rings. The fourth-order valence-electron chi connectivity index (χ4n) is 1.50. The van der Waals surface area contributed by atoms with E-state index in [1.165, 1.54) is 11.3 Å². The third-order valence-electron chi connectivity index (χ3n) is 2.73. The van der Waals surface area contributed by atoms with E-state index < -0.39 is 18.1 Å². The molecule has 2 rings (SSSR count). The lowest BCUT2D eigenvalue weighted by Crippen LogP contribution is -2.33. The van der Waals surface area contributed by atoms with Gasteiger partial charge in [-0.25, -0.2) is 14.6 Å². The fraction of sp³-hybridized carbons (Fsp3) is 0.545. The molecule has 1 aromatic heterocycles. The maximum absolute atomic E-state index is 11.5. The van der Waals surface area contributed by atoms with E-state index in [0.717, 1.165) is 18.5 Å². The molecule has 1 aromatic rings. The summed E-state index contributed by atoms with van der Waals surface area (Å²) in [6.45, 7) is 0.0835.